The second-order valence-electron chi connectivity index (χ2n) is 8.14. The molecular formula is C21H32N2O2. The zero-order valence-electron chi connectivity index (χ0n) is 16.2. The number of likely N-dealkylation sites (tertiary alicyclic amines) is 1. The Morgan fingerprint density at radius 2 is 1.72 bits per heavy atom. The smallest absolute Gasteiger partial charge is 0.253 e. The summed E-state index contributed by atoms with van der Waals surface area (Å²) < 4.78 is 0. The number of benzene rings is 1. The van der Waals surface area contributed by atoms with Crippen molar-refractivity contribution in [3.8, 4) is 0 Å². The lowest BCUT2D eigenvalue weighted by molar-refractivity contribution is -0.125. The molecule has 4 heteroatoms. The van der Waals surface area contributed by atoms with Gasteiger partial charge in [-0.3, -0.25) is 9.59 Å². The monoisotopic (exact) mass is 344 g/mol. The van der Waals surface area contributed by atoms with E-state index in [4.69, 9.17) is 0 Å². The lowest BCUT2D eigenvalue weighted by atomic mass is 9.86. The molecule has 4 nitrogen and oxygen atoms in total. The average molecular weight is 344 g/mol. The molecule has 0 aliphatic carbocycles. The number of Topliss-reactive ketones (excluding diaryl/α,β-unsaturated/α-hetero) is 1. The van der Waals surface area contributed by atoms with Gasteiger partial charge in [0.2, 0.25) is 0 Å². The van der Waals surface area contributed by atoms with Crippen LogP contribution in [-0.4, -0.2) is 54.7 Å². The summed E-state index contributed by atoms with van der Waals surface area (Å²) in [4.78, 5) is 29.5. The Morgan fingerprint density at radius 3 is 2.36 bits per heavy atom. The van der Waals surface area contributed by atoms with Crippen LogP contribution in [0.25, 0.3) is 0 Å². The van der Waals surface area contributed by atoms with Gasteiger partial charge in [0.15, 0.2) is 0 Å². The SMILES string of the molecule is CN(CCN1CCCCC1)C(=O)c1ccccc1CC(=O)C(C)(C)C. The van der Waals surface area contributed by atoms with Crippen LogP contribution in [0.1, 0.15) is 56.0 Å². The highest BCUT2D eigenvalue weighted by Crippen LogP contribution is 2.20. The van der Waals surface area contributed by atoms with E-state index in [1.165, 1.54) is 19.3 Å². The summed E-state index contributed by atoms with van der Waals surface area (Å²) in [6.45, 7) is 9.68. The molecule has 0 atom stereocenters. The Kier molecular flexibility index (Phi) is 6.77. The molecule has 1 fully saturated rings. The Hall–Kier alpha value is -1.68. The quantitative estimate of drug-likeness (QED) is 0.794. The Bertz CT molecular complexity index is 598. The van der Waals surface area contributed by atoms with Crippen LogP contribution in [0.2, 0.25) is 0 Å². The molecule has 1 heterocycles. The first kappa shape index (κ1) is 19.6. The van der Waals surface area contributed by atoms with Gasteiger partial charge in [0, 0.05) is 37.5 Å². The summed E-state index contributed by atoms with van der Waals surface area (Å²) in [6, 6.07) is 7.51. The fraction of sp³-hybridized carbons (Fsp3) is 0.619. The minimum absolute atomic E-state index is 0.00863. The third kappa shape index (κ3) is 5.67. The molecule has 0 bridgehead atoms. The molecule has 1 aliphatic heterocycles. The molecule has 0 N–H and O–H groups in total. The van der Waals surface area contributed by atoms with E-state index in [2.05, 4.69) is 4.90 Å². The highest BCUT2D eigenvalue weighted by Gasteiger charge is 2.24. The van der Waals surface area contributed by atoms with Gasteiger partial charge < -0.3 is 9.80 Å². The molecule has 1 aromatic carbocycles. The molecule has 2 rings (SSSR count). The van der Waals surface area contributed by atoms with Crippen molar-refractivity contribution in [2.24, 2.45) is 5.41 Å². The average Bonchev–Trinajstić information content (AvgIpc) is 2.59. The molecule has 25 heavy (non-hydrogen) atoms. The number of piperidine rings is 1. The van der Waals surface area contributed by atoms with Gasteiger partial charge in [-0.15, -0.1) is 0 Å². The zero-order valence-corrected chi connectivity index (χ0v) is 16.2. The Morgan fingerprint density at radius 1 is 1.08 bits per heavy atom. The van der Waals surface area contributed by atoms with Crippen molar-refractivity contribution in [1.29, 1.82) is 0 Å². The van der Waals surface area contributed by atoms with Crippen LogP contribution in [0, 0.1) is 5.41 Å². The van der Waals surface area contributed by atoms with Crippen molar-refractivity contribution in [2.45, 2.75) is 46.5 Å². The second kappa shape index (κ2) is 8.61. The minimum atomic E-state index is -0.393. The number of hydrogen-bond donors (Lipinski definition) is 0. The first-order valence-corrected chi connectivity index (χ1v) is 9.38. The van der Waals surface area contributed by atoms with Gasteiger partial charge in [0.25, 0.3) is 5.91 Å². The third-order valence-corrected chi connectivity index (χ3v) is 4.98. The van der Waals surface area contributed by atoms with Crippen LogP contribution in [0.4, 0.5) is 0 Å². The molecule has 1 aromatic rings. The van der Waals surface area contributed by atoms with E-state index in [0.29, 0.717) is 12.0 Å². The van der Waals surface area contributed by atoms with Gasteiger partial charge in [-0.1, -0.05) is 45.4 Å². The van der Waals surface area contributed by atoms with Crippen molar-refractivity contribution in [3.63, 3.8) is 0 Å². The number of hydrogen-bond acceptors (Lipinski definition) is 3. The number of ketones is 1. The molecule has 138 valence electrons. The highest BCUT2D eigenvalue weighted by molar-refractivity contribution is 5.97. The molecular weight excluding hydrogens is 312 g/mol. The number of amides is 1. The van der Waals surface area contributed by atoms with E-state index in [1.54, 1.807) is 4.90 Å². The minimum Gasteiger partial charge on any atom is -0.340 e. The maximum Gasteiger partial charge on any atom is 0.253 e. The standard InChI is InChI=1S/C21H32N2O2/c1-21(2,3)19(24)16-17-10-6-7-11-18(17)20(25)22(4)14-15-23-12-8-5-9-13-23/h6-7,10-11H,5,8-9,12-16H2,1-4H3. The summed E-state index contributed by atoms with van der Waals surface area (Å²) in [5.41, 5.74) is 1.09. The number of nitrogens with zero attached hydrogens (tertiary/aromatic N) is 2. The first-order valence-electron chi connectivity index (χ1n) is 9.38. The van der Waals surface area contributed by atoms with Crippen LogP contribution < -0.4 is 0 Å². The fourth-order valence-corrected chi connectivity index (χ4v) is 3.10. The van der Waals surface area contributed by atoms with Gasteiger partial charge in [-0.2, -0.15) is 0 Å². The van der Waals surface area contributed by atoms with Crippen LogP contribution >= 0.6 is 0 Å². The van der Waals surface area contributed by atoms with E-state index in [1.807, 2.05) is 52.1 Å². The van der Waals surface area contributed by atoms with Crippen LogP contribution in [0.3, 0.4) is 0 Å². The predicted octanol–water partition coefficient (Wildman–Crippen LogP) is 3.40. The van der Waals surface area contributed by atoms with Gasteiger partial charge in [-0.25, -0.2) is 0 Å². The number of carbonyl (C=O) groups excluding carboxylic acids is 2. The van der Waals surface area contributed by atoms with E-state index < -0.39 is 5.41 Å². The predicted molar refractivity (Wildman–Crippen MR) is 102 cm³/mol. The number of likely N-dealkylation sites (N-methyl/N-ethyl adjacent to an activating group) is 1. The molecule has 0 spiro atoms. The summed E-state index contributed by atoms with van der Waals surface area (Å²) in [6.07, 6.45) is 4.15. The number of carbonyl (C=O) groups is 2. The van der Waals surface area contributed by atoms with Crippen molar-refractivity contribution in [1.82, 2.24) is 9.80 Å². The lowest BCUT2D eigenvalue weighted by Gasteiger charge is -2.28. The molecule has 0 radical (unpaired) electrons. The Labute approximate surface area is 152 Å². The topological polar surface area (TPSA) is 40.6 Å². The highest BCUT2D eigenvalue weighted by atomic mass is 16.2. The number of rotatable bonds is 6. The van der Waals surface area contributed by atoms with Crippen molar-refractivity contribution in [2.75, 3.05) is 33.2 Å². The van der Waals surface area contributed by atoms with Crippen LogP contribution in [0.5, 0.6) is 0 Å². The van der Waals surface area contributed by atoms with Gasteiger partial charge in [0.1, 0.15) is 5.78 Å². The summed E-state index contributed by atoms with van der Waals surface area (Å²) >= 11 is 0. The second-order valence-corrected chi connectivity index (χ2v) is 8.14. The van der Waals surface area contributed by atoms with E-state index in [9.17, 15) is 9.59 Å². The van der Waals surface area contributed by atoms with E-state index >= 15 is 0 Å². The van der Waals surface area contributed by atoms with Gasteiger partial charge in [-0.05, 0) is 37.6 Å². The summed E-state index contributed by atoms with van der Waals surface area (Å²) in [5, 5.41) is 0. The molecule has 1 saturated heterocycles. The molecule has 0 unspecified atom stereocenters. The van der Waals surface area contributed by atoms with Crippen molar-refractivity contribution in [3.05, 3.63) is 35.4 Å². The zero-order chi connectivity index (χ0) is 18.4. The molecule has 1 aliphatic rings. The summed E-state index contributed by atoms with van der Waals surface area (Å²) in [5.74, 6) is 0.165. The first-order chi connectivity index (χ1) is 11.8. The maximum absolute atomic E-state index is 12.9. The van der Waals surface area contributed by atoms with E-state index in [0.717, 1.165) is 31.7 Å². The lowest BCUT2D eigenvalue weighted by Crippen LogP contribution is -2.39. The van der Waals surface area contributed by atoms with Crippen LogP contribution in [0.15, 0.2) is 24.3 Å². The van der Waals surface area contributed by atoms with Gasteiger partial charge >= 0.3 is 0 Å². The fourth-order valence-electron chi connectivity index (χ4n) is 3.10. The third-order valence-electron chi connectivity index (χ3n) is 4.98. The van der Waals surface area contributed by atoms with Crippen molar-refractivity contribution < 1.29 is 9.59 Å². The van der Waals surface area contributed by atoms with E-state index in [-0.39, 0.29) is 11.7 Å². The largest absolute Gasteiger partial charge is 0.340 e. The molecule has 1 amide bonds. The molecule has 0 saturated carbocycles. The normalized spacial score (nSPS) is 15.8. The van der Waals surface area contributed by atoms with Crippen molar-refractivity contribution >= 4 is 11.7 Å². The maximum atomic E-state index is 12.9. The summed E-state index contributed by atoms with van der Waals surface area (Å²) in [7, 11) is 1.86. The van der Waals surface area contributed by atoms with Crippen LogP contribution in [-0.2, 0) is 11.2 Å². The van der Waals surface area contributed by atoms with Gasteiger partial charge in [0.05, 0.1) is 0 Å². The Balaban J connectivity index is 2.01. The molecule has 0 aromatic heterocycles.